The Hall–Kier alpha value is -1.22. The highest BCUT2D eigenvalue weighted by Crippen LogP contribution is 2.26. The van der Waals surface area contributed by atoms with E-state index >= 15 is 0 Å². The zero-order valence-corrected chi connectivity index (χ0v) is 13.3. The van der Waals surface area contributed by atoms with Crippen LogP contribution in [0.2, 0.25) is 15.1 Å². The molecule has 0 spiro atoms. The summed E-state index contributed by atoms with van der Waals surface area (Å²) < 4.78 is 0. The van der Waals surface area contributed by atoms with Gasteiger partial charge in [0.2, 0.25) is 0 Å². The van der Waals surface area contributed by atoms with Crippen LogP contribution in [-0.4, -0.2) is 11.1 Å². The van der Waals surface area contributed by atoms with Crippen LogP contribution in [-0.2, 0) is 17.6 Å². The maximum absolute atomic E-state index is 11.5. The minimum absolute atomic E-state index is 0.330. The molecule has 0 bridgehead atoms. The number of hydrogen-bond donors (Lipinski definition) is 1. The van der Waals surface area contributed by atoms with Gasteiger partial charge in [-0.3, -0.25) is 4.79 Å². The third-order valence-electron chi connectivity index (χ3n) is 3.25. The van der Waals surface area contributed by atoms with E-state index in [1.54, 1.807) is 24.3 Å². The van der Waals surface area contributed by atoms with E-state index in [9.17, 15) is 9.90 Å². The van der Waals surface area contributed by atoms with Crippen LogP contribution in [0.5, 0.6) is 0 Å². The average molecular weight is 344 g/mol. The number of carbonyl (C=O) groups is 1. The fourth-order valence-electron chi connectivity index (χ4n) is 2.13. The Kier molecular flexibility index (Phi) is 5.51. The number of hydrogen-bond acceptors (Lipinski definition) is 1. The van der Waals surface area contributed by atoms with E-state index in [2.05, 4.69) is 0 Å². The molecule has 1 unspecified atom stereocenters. The Labute approximate surface area is 138 Å². The summed E-state index contributed by atoms with van der Waals surface area (Å²) in [6, 6.07) is 12.3. The van der Waals surface area contributed by atoms with Gasteiger partial charge < -0.3 is 5.11 Å². The van der Waals surface area contributed by atoms with Crippen LogP contribution in [0.3, 0.4) is 0 Å². The fourth-order valence-corrected chi connectivity index (χ4v) is 2.83. The number of rotatable bonds is 5. The molecule has 110 valence electrons. The lowest BCUT2D eigenvalue weighted by molar-refractivity contribution is -0.141. The van der Waals surface area contributed by atoms with Crippen LogP contribution in [0.25, 0.3) is 0 Å². The summed E-state index contributed by atoms with van der Waals surface area (Å²) in [6.45, 7) is 0. The summed E-state index contributed by atoms with van der Waals surface area (Å²) in [5.74, 6) is -1.47. The van der Waals surface area contributed by atoms with Crippen molar-refractivity contribution in [3.63, 3.8) is 0 Å². The molecule has 2 rings (SSSR count). The van der Waals surface area contributed by atoms with E-state index in [1.807, 2.05) is 18.2 Å². The van der Waals surface area contributed by atoms with Crippen molar-refractivity contribution >= 4 is 40.8 Å². The third kappa shape index (κ3) is 4.37. The Morgan fingerprint density at radius 1 is 0.952 bits per heavy atom. The van der Waals surface area contributed by atoms with Crippen LogP contribution in [0, 0.1) is 5.92 Å². The van der Waals surface area contributed by atoms with E-state index in [0.29, 0.717) is 27.9 Å². The van der Waals surface area contributed by atoms with Gasteiger partial charge in [0.15, 0.2) is 0 Å². The Morgan fingerprint density at radius 2 is 1.57 bits per heavy atom. The second-order valence-electron chi connectivity index (χ2n) is 4.77. The minimum Gasteiger partial charge on any atom is -0.481 e. The highest BCUT2D eigenvalue weighted by Gasteiger charge is 2.21. The normalized spacial score (nSPS) is 12.1. The van der Waals surface area contributed by atoms with E-state index in [4.69, 9.17) is 34.8 Å². The lowest BCUT2D eigenvalue weighted by Gasteiger charge is -2.14. The molecule has 2 aromatic rings. The minimum atomic E-state index is -0.874. The fraction of sp³-hybridized carbons (Fsp3) is 0.188. The Bertz CT molecular complexity index is 656. The van der Waals surface area contributed by atoms with Gasteiger partial charge in [-0.05, 0) is 42.2 Å². The van der Waals surface area contributed by atoms with Crippen molar-refractivity contribution in [2.24, 2.45) is 5.92 Å². The summed E-state index contributed by atoms with van der Waals surface area (Å²) in [4.78, 5) is 11.5. The van der Waals surface area contributed by atoms with Crippen molar-refractivity contribution in [1.82, 2.24) is 0 Å². The van der Waals surface area contributed by atoms with E-state index < -0.39 is 11.9 Å². The Morgan fingerprint density at radius 3 is 2.14 bits per heavy atom. The lowest BCUT2D eigenvalue weighted by atomic mass is 9.92. The second kappa shape index (κ2) is 7.17. The predicted molar refractivity (Wildman–Crippen MR) is 86.4 cm³/mol. The quantitative estimate of drug-likeness (QED) is 0.817. The van der Waals surface area contributed by atoms with Crippen LogP contribution >= 0.6 is 34.8 Å². The van der Waals surface area contributed by atoms with Crippen LogP contribution in [0.4, 0.5) is 0 Å². The summed E-state index contributed by atoms with van der Waals surface area (Å²) >= 11 is 18.0. The van der Waals surface area contributed by atoms with Crippen molar-refractivity contribution in [3.05, 3.63) is 68.7 Å². The van der Waals surface area contributed by atoms with E-state index in [1.165, 1.54) is 0 Å². The van der Waals surface area contributed by atoms with Gasteiger partial charge in [-0.25, -0.2) is 0 Å². The molecule has 21 heavy (non-hydrogen) atoms. The van der Waals surface area contributed by atoms with Gasteiger partial charge >= 0.3 is 5.97 Å². The molecule has 2 aromatic carbocycles. The molecule has 0 fully saturated rings. The molecule has 0 saturated heterocycles. The molecule has 0 heterocycles. The molecule has 0 radical (unpaired) electrons. The summed E-state index contributed by atoms with van der Waals surface area (Å²) in [7, 11) is 0. The van der Waals surface area contributed by atoms with Gasteiger partial charge in [0.25, 0.3) is 0 Å². The Balaban J connectivity index is 2.20. The lowest BCUT2D eigenvalue weighted by Crippen LogP contribution is -2.19. The average Bonchev–Trinajstić information content (AvgIpc) is 2.42. The summed E-state index contributed by atoms with van der Waals surface area (Å²) in [5.41, 5.74) is 1.58. The molecule has 2 nitrogen and oxygen atoms in total. The molecule has 0 aliphatic heterocycles. The van der Waals surface area contributed by atoms with E-state index in [-0.39, 0.29) is 0 Å². The van der Waals surface area contributed by atoms with Gasteiger partial charge in [-0.2, -0.15) is 0 Å². The molecule has 0 aliphatic carbocycles. The van der Waals surface area contributed by atoms with Gasteiger partial charge in [0, 0.05) is 15.1 Å². The zero-order chi connectivity index (χ0) is 15.4. The molecule has 0 aromatic heterocycles. The SMILES string of the molecule is O=C(O)C(Cc1ccccc1Cl)Cc1ccc(Cl)cc1Cl. The number of aliphatic carboxylic acids is 1. The molecule has 0 aliphatic rings. The highest BCUT2D eigenvalue weighted by atomic mass is 35.5. The first-order chi connectivity index (χ1) is 9.97. The van der Waals surface area contributed by atoms with Crippen molar-refractivity contribution in [2.45, 2.75) is 12.8 Å². The van der Waals surface area contributed by atoms with Gasteiger partial charge in [0.1, 0.15) is 0 Å². The first-order valence-corrected chi connectivity index (χ1v) is 7.51. The summed E-state index contributed by atoms with van der Waals surface area (Å²) in [6.07, 6.45) is 0.685. The van der Waals surface area contributed by atoms with E-state index in [0.717, 1.165) is 11.1 Å². The first kappa shape index (κ1) is 16.2. The standard InChI is InChI=1S/C16H13Cl3O2/c17-13-6-5-11(15(19)9-13)8-12(16(20)21)7-10-3-1-2-4-14(10)18/h1-6,9,12H,7-8H2,(H,20,21). The van der Waals surface area contributed by atoms with Crippen LogP contribution < -0.4 is 0 Å². The van der Waals surface area contributed by atoms with Gasteiger partial charge in [-0.1, -0.05) is 59.1 Å². The zero-order valence-electron chi connectivity index (χ0n) is 11.0. The predicted octanol–water partition coefficient (Wildman–Crippen LogP) is 5.13. The molecule has 5 heteroatoms. The number of benzene rings is 2. The molecule has 0 amide bonds. The molecule has 1 N–H and O–H groups in total. The maximum Gasteiger partial charge on any atom is 0.307 e. The van der Waals surface area contributed by atoms with Gasteiger partial charge in [0.05, 0.1) is 5.92 Å². The smallest absolute Gasteiger partial charge is 0.307 e. The second-order valence-corrected chi connectivity index (χ2v) is 6.02. The third-order valence-corrected chi connectivity index (χ3v) is 4.21. The van der Waals surface area contributed by atoms with Gasteiger partial charge in [-0.15, -0.1) is 0 Å². The van der Waals surface area contributed by atoms with Crippen molar-refractivity contribution in [1.29, 1.82) is 0 Å². The van der Waals surface area contributed by atoms with Crippen molar-refractivity contribution < 1.29 is 9.90 Å². The highest BCUT2D eigenvalue weighted by molar-refractivity contribution is 6.35. The summed E-state index contributed by atoms with van der Waals surface area (Å²) in [5, 5.41) is 11.0. The molecule has 1 atom stereocenters. The number of halogens is 3. The monoisotopic (exact) mass is 342 g/mol. The van der Waals surface area contributed by atoms with Crippen molar-refractivity contribution in [3.8, 4) is 0 Å². The molecular formula is C16H13Cl3O2. The number of carboxylic acid groups (broad SMARTS) is 1. The van der Waals surface area contributed by atoms with Crippen molar-refractivity contribution in [2.75, 3.05) is 0 Å². The topological polar surface area (TPSA) is 37.3 Å². The molecular weight excluding hydrogens is 331 g/mol. The molecule has 0 saturated carbocycles. The first-order valence-electron chi connectivity index (χ1n) is 6.37. The van der Waals surface area contributed by atoms with Crippen LogP contribution in [0.15, 0.2) is 42.5 Å². The maximum atomic E-state index is 11.5. The largest absolute Gasteiger partial charge is 0.481 e. The van der Waals surface area contributed by atoms with Crippen LogP contribution in [0.1, 0.15) is 11.1 Å². The number of carboxylic acids is 1.